The minimum atomic E-state index is -4.26. The van der Waals surface area contributed by atoms with Crippen molar-refractivity contribution in [3.05, 3.63) is 135 Å². The van der Waals surface area contributed by atoms with Gasteiger partial charge in [-0.2, -0.15) is 14.0 Å². The van der Waals surface area contributed by atoms with Crippen LogP contribution in [0, 0.1) is 40.6 Å². The molecule has 1 atom stereocenters. The van der Waals surface area contributed by atoms with Crippen molar-refractivity contribution in [3.63, 3.8) is 0 Å². The molecule has 5 rings (SSSR count). The van der Waals surface area contributed by atoms with Crippen LogP contribution >= 0.6 is 11.6 Å². The molecule has 238 valence electrons. The SMILES string of the molecule is CCc1c(OCc2ccc(C#N)cc2)cc(Cl)c(C#Cc2ccc(C(F)(F)[C@@](O)(Cn3cnnn3)c3ccc(F)cc3F)nc2)c1F. The molecule has 1 N–H and O–H groups in total. The zero-order chi connectivity index (χ0) is 33.8. The lowest BCUT2D eigenvalue weighted by Gasteiger charge is -2.35. The molecule has 8 nitrogen and oxygen atoms in total. The molecular weight excluding hydrogens is 643 g/mol. The Morgan fingerprint density at radius 1 is 1.00 bits per heavy atom. The van der Waals surface area contributed by atoms with Crippen molar-refractivity contribution in [1.29, 1.82) is 5.26 Å². The average Bonchev–Trinajstić information content (AvgIpc) is 3.56. The lowest BCUT2D eigenvalue weighted by atomic mass is 9.84. The number of rotatable bonds is 9. The molecule has 0 saturated carbocycles. The van der Waals surface area contributed by atoms with Gasteiger partial charge in [-0.1, -0.05) is 42.5 Å². The number of aliphatic hydroxyl groups is 1. The van der Waals surface area contributed by atoms with Crippen molar-refractivity contribution in [1.82, 2.24) is 25.2 Å². The second-order valence-corrected chi connectivity index (χ2v) is 10.6. The minimum absolute atomic E-state index is 0.0490. The number of benzene rings is 3. The fourth-order valence-corrected chi connectivity index (χ4v) is 4.94. The van der Waals surface area contributed by atoms with Gasteiger partial charge >= 0.3 is 5.92 Å². The molecule has 0 aliphatic carbocycles. The normalized spacial score (nSPS) is 12.5. The molecule has 0 fully saturated rings. The molecule has 0 unspecified atom stereocenters. The number of alkyl halides is 2. The van der Waals surface area contributed by atoms with Gasteiger partial charge in [0.25, 0.3) is 0 Å². The smallest absolute Gasteiger partial charge is 0.323 e. The van der Waals surface area contributed by atoms with Gasteiger partial charge in [0.2, 0.25) is 0 Å². The lowest BCUT2D eigenvalue weighted by Crippen LogP contribution is -2.48. The first-order chi connectivity index (χ1) is 22.5. The highest BCUT2D eigenvalue weighted by atomic mass is 35.5. The zero-order valence-electron chi connectivity index (χ0n) is 24.4. The molecule has 2 aromatic heterocycles. The van der Waals surface area contributed by atoms with Crippen LogP contribution < -0.4 is 4.74 Å². The highest BCUT2D eigenvalue weighted by Crippen LogP contribution is 2.46. The monoisotopic (exact) mass is 664 g/mol. The first kappa shape index (κ1) is 33.0. The summed E-state index contributed by atoms with van der Waals surface area (Å²) in [7, 11) is 0. The molecule has 47 heavy (non-hydrogen) atoms. The summed E-state index contributed by atoms with van der Waals surface area (Å²) in [5.74, 6) is -1.96. The number of nitrogens with zero attached hydrogens (tertiary/aromatic N) is 6. The van der Waals surface area contributed by atoms with Gasteiger partial charge in [-0.15, -0.1) is 5.10 Å². The highest BCUT2D eigenvalue weighted by molar-refractivity contribution is 6.32. The van der Waals surface area contributed by atoms with Gasteiger partial charge in [0.05, 0.1) is 28.8 Å². The predicted molar refractivity (Wildman–Crippen MR) is 158 cm³/mol. The molecule has 0 aliphatic rings. The van der Waals surface area contributed by atoms with Gasteiger partial charge in [-0.05, 0) is 58.8 Å². The van der Waals surface area contributed by atoms with Crippen LogP contribution in [0.25, 0.3) is 0 Å². The predicted octanol–water partition coefficient (Wildman–Crippen LogP) is 6.23. The van der Waals surface area contributed by atoms with Crippen LogP contribution in [0.5, 0.6) is 5.75 Å². The second kappa shape index (κ2) is 13.5. The summed E-state index contributed by atoms with van der Waals surface area (Å²) in [5, 5.41) is 30.4. The van der Waals surface area contributed by atoms with Crippen LogP contribution in [0.3, 0.4) is 0 Å². The van der Waals surface area contributed by atoms with Gasteiger partial charge in [0.15, 0.2) is 5.60 Å². The largest absolute Gasteiger partial charge is 0.488 e. The van der Waals surface area contributed by atoms with E-state index in [1.165, 1.54) is 6.07 Å². The standard InChI is InChI=1S/C33H22ClF5N6O2/c1-2-24-29(47-17-22-5-3-20(15-40)4-6-22)14-27(34)25(31(24)37)10-7-21-8-12-30(41-16-21)33(38,39)32(46,18-45-19-42-43-44-45)26-11-9-23(35)13-28(26)36/h3-6,8-9,11-14,16,19,46H,2,17-18H2,1H3/t32-/m1/s1. The van der Waals surface area contributed by atoms with Crippen molar-refractivity contribution in [2.75, 3.05) is 0 Å². The van der Waals surface area contributed by atoms with Crippen LogP contribution in [-0.2, 0) is 31.1 Å². The molecule has 0 aliphatic heterocycles. The Morgan fingerprint density at radius 3 is 2.36 bits per heavy atom. The zero-order valence-corrected chi connectivity index (χ0v) is 25.1. The van der Waals surface area contributed by atoms with Crippen LogP contribution in [0.2, 0.25) is 5.02 Å². The second-order valence-electron chi connectivity index (χ2n) is 10.2. The van der Waals surface area contributed by atoms with Crippen LogP contribution in [0.15, 0.2) is 73.2 Å². The van der Waals surface area contributed by atoms with E-state index in [-0.39, 0.29) is 40.5 Å². The first-order valence-corrected chi connectivity index (χ1v) is 14.2. The fraction of sp³-hybridized carbons (Fsp3) is 0.182. The van der Waals surface area contributed by atoms with Crippen LogP contribution in [-0.4, -0.2) is 30.3 Å². The van der Waals surface area contributed by atoms with Gasteiger partial charge in [-0.25, -0.2) is 17.9 Å². The maximum atomic E-state index is 16.0. The van der Waals surface area contributed by atoms with E-state index >= 15 is 13.2 Å². The Morgan fingerprint density at radius 2 is 1.74 bits per heavy atom. The van der Waals surface area contributed by atoms with E-state index in [0.717, 1.165) is 41.0 Å². The lowest BCUT2D eigenvalue weighted by molar-refractivity contribution is -0.207. The number of ether oxygens (including phenoxy) is 1. The summed E-state index contributed by atoms with van der Waals surface area (Å²) >= 11 is 6.35. The van der Waals surface area contributed by atoms with E-state index in [0.29, 0.717) is 17.7 Å². The summed E-state index contributed by atoms with van der Waals surface area (Å²) in [6, 6.07) is 14.0. The van der Waals surface area contributed by atoms with Gasteiger partial charge in [-0.3, -0.25) is 4.98 Å². The third-order valence-corrected chi connectivity index (χ3v) is 7.50. The van der Waals surface area contributed by atoms with Crippen molar-refractivity contribution >= 4 is 11.6 Å². The van der Waals surface area contributed by atoms with E-state index in [1.54, 1.807) is 31.2 Å². The topological polar surface area (TPSA) is 110 Å². The molecule has 3 aromatic carbocycles. The van der Waals surface area contributed by atoms with Gasteiger partial charge in [0.1, 0.15) is 41.8 Å². The number of pyridine rings is 1. The Hall–Kier alpha value is -5.37. The van der Waals surface area contributed by atoms with Crippen molar-refractivity contribution < 1.29 is 31.8 Å². The molecule has 14 heteroatoms. The highest BCUT2D eigenvalue weighted by Gasteiger charge is 2.58. The summed E-state index contributed by atoms with van der Waals surface area (Å²) in [6.45, 7) is 0.809. The molecule has 0 saturated heterocycles. The van der Waals surface area contributed by atoms with Crippen molar-refractivity contribution in [2.45, 2.75) is 38.0 Å². The summed E-state index contributed by atoms with van der Waals surface area (Å²) < 4.78 is 82.4. The summed E-state index contributed by atoms with van der Waals surface area (Å²) in [4.78, 5) is 3.75. The molecule has 2 heterocycles. The quantitative estimate of drug-likeness (QED) is 0.147. The maximum Gasteiger partial charge on any atom is 0.323 e. The van der Waals surface area contributed by atoms with Crippen molar-refractivity contribution in [3.8, 4) is 23.7 Å². The summed E-state index contributed by atoms with van der Waals surface area (Å²) in [5.41, 5.74) is -3.78. The Bertz CT molecular complexity index is 2010. The van der Waals surface area contributed by atoms with Gasteiger partial charge < -0.3 is 9.84 Å². The third kappa shape index (κ3) is 6.77. The number of nitriles is 1. The van der Waals surface area contributed by atoms with E-state index in [2.05, 4.69) is 32.4 Å². The van der Waals surface area contributed by atoms with E-state index in [9.17, 15) is 13.9 Å². The average molecular weight is 665 g/mol. The molecule has 0 amide bonds. The Labute approximate surface area is 270 Å². The minimum Gasteiger partial charge on any atom is -0.488 e. The number of aromatic nitrogens is 5. The number of hydrogen-bond acceptors (Lipinski definition) is 7. The van der Waals surface area contributed by atoms with E-state index < -0.39 is 46.8 Å². The molecule has 5 aromatic rings. The molecule has 0 radical (unpaired) electrons. The molecule has 0 spiro atoms. The van der Waals surface area contributed by atoms with Crippen LogP contribution in [0.4, 0.5) is 22.0 Å². The van der Waals surface area contributed by atoms with Crippen molar-refractivity contribution in [2.24, 2.45) is 0 Å². The van der Waals surface area contributed by atoms with E-state index in [1.807, 2.05) is 6.07 Å². The number of tetrazole rings is 1. The third-order valence-electron chi connectivity index (χ3n) is 7.20. The Kier molecular flexibility index (Phi) is 9.51. The first-order valence-electron chi connectivity index (χ1n) is 13.8. The molecular formula is C33H22ClF5N6O2. The van der Waals surface area contributed by atoms with Crippen LogP contribution in [0.1, 0.15) is 46.0 Å². The molecule has 0 bridgehead atoms. The number of halogens is 6. The van der Waals surface area contributed by atoms with Gasteiger partial charge in [0, 0.05) is 35.0 Å². The summed E-state index contributed by atoms with van der Waals surface area (Å²) in [6.07, 6.45) is 2.15. The number of hydrogen-bond donors (Lipinski definition) is 1. The Balaban J connectivity index is 1.41. The maximum absolute atomic E-state index is 16.0. The fourth-order valence-electron chi connectivity index (χ4n) is 4.71. The van der Waals surface area contributed by atoms with E-state index in [4.69, 9.17) is 21.6 Å².